The molecule has 1 saturated heterocycles. The topological polar surface area (TPSA) is 63.0 Å². The Labute approximate surface area is 181 Å². The molecule has 0 saturated carbocycles. The summed E-state index contributed by atoms with van der Waals surface area (Å²) >= 11 is 0. The molecule has 2 amide bonds. The van der Waals surface area contributed by atoms with E-state index >= 15 is 0 Å². The monoisotopic (exact) mass is 420 g/mol. The Balaban J connectivity index is 2.01. The summed E-state index contributed by atoms with van der Waals surface area (Å²) < 4.78 is 11.2. The summed E-state index contributed by atoms with van der Waals surface area (Å²) in [6, 6.07) is 3.70. The second-order valence-electron chi connectivity index (χ2n) is 9.88. The van der Waals surface area contributed by atoms with Gasteiger partial charge in [0.2, 0.25) is 11.8 Å². The third-order valence-electron chi connectivity index (χ3n) is 5.38. The first-order valence-corrected chi connectivity index (χ1v) is 11.4. The Morgan fingerprint density at radius 1 is 1.23 bits per heavy atom. The second-order valence-corrected chi connectivity index (χ2v) is 9.88. The summed E-state index contributed by atoms with van der Waals surface area (Å²) in [6.45, 7) is 13.1. The van der Waals surface area contributed by atoms with Crippen LogP contribution in [-0.2, 0) is 20.9 Å². The van der Waals surface area contributed by atoms with E-state index in [1.165, 1.54) is 0 Å². The van der Waals surface area contributed by atoms with Gasteiger partial charge in [0.15, 0.2) is 0 Å². The Morgan fingerprint density at radius 2 is 2.00 bits per heavy atom. The third-order valence-corrected chi connectivity index (χ3v) is 5.38. The molecule has 30 heavy (non-hydrogen) atoms. The van der Waals surface area contributed by atoms with Gasteiger partial charge < -0.3 is 19.0 Å². The van der Waals surface area contributed by atoms with Crippen molar-refractivity contribution < 1.29 is 18.7 Å². The molecule has 2 heterocycles. The summed E-state index contributed by atoms with van der Waals surface area (Å²) in [5, 5.41) is 0. The molecule has 0 radical (unpaired) electrons. The van der Waals surface area contributed by atoms with Crippen LogP contribution < -0.4 is 0 Å². The van der Waals surface area contributed by atoms with Gasteiger partial charge in [0.05, 0.1) is 25.5 Å². The molecule has 170 valence electrons. The molecule has 0 spiro atoms. The van der Waals surface area contributed by atoms with Crippen molar-refractivity contribution in [3.63, 3.8) is 0 Å². The van der Waals surface area contributed by atoms with Gasteiger partial charge in [-0.15, -0.1) is 0 Å². The molecule has 6 heteroatoms. The highest BCUT2D eigenvalue weighted by atomic mass is 16.5. The van der Waals surface area contributed by atoms with E-state index in [4.69, 9.17) is 9.15 Å². The van der Waals surface area contributed by atoms with Crippen LogP contribution in [-0.4, -0.2) is 54.0 Å². The van der Waals surface area contributed by atoms with Gasteiger partial charge in [0, 0.05) is 26.1 Å². The zero-order chi connectivity index (χ0) is 22.1. The van der Waals surface area contributed by atoms with E-state index in [0.717, 1.165) is 38.1 Å². The maximum absolute atomic E-state index is 13.2. The summed E-state index contributed by atoms with van der Waals surface area (Å²) in [4.78, 5) is 29.7. The van der Waals surface area contributed by atoms with E-state index in [1.807, 2.05) is 19.1 Å². The molecular formula is C24H40N2O4. The fourth-order valence-corrected chi connectivity index (χ4v) is 4.25. The fourth-order valence-electron chi connectivity index (χ4n) is 4.25. The lowest BCUT2D eigenvalue weighted by molar-refractivity contribution is -0.142. The maximum Gasteiger partial charge on any atom is 0.242 e. The third kappa shape index (κ3) is 8.50. The molecule has 1 fully saturated rings. The lowest BCUT2D eigenvalue weighted by Crippen LogP contribution is -2.45. The van der Waals surface area contributed by atoms with Crippen LogP contribution in [0, 0.1) is 11.3 Å². The van der Waals surface area contributed by atoms with Crippen LogP contribution in [0.15, 0.2) is 22.8 Å². The summed E-state index contributed by atoms with van der Waals surface area (Å²) in [7, 11) is 0. The minimum absolute atomic E-state index is 0.0489. The van der Waals surface area contributed by atoms with Crippen molar-refractivity contribution in [3.05, 3.63) is 24.2 Å². The predicted molar refractivity (Wildman–Crippen MR) is 118 cm³/mol. The van der Waals surface area contributed by atoms with Crippen molar-refractivity contribution in [1.82, 2.24) is 9.80 Å². The quantitative estimate of drug-likeness (QED) is 0.529. The molecule has 1 aliphatic rings. The van der Waals surface area contributed by atoms with E-state index < -0.39 is 0 Å². The molecule has 0 N–H and O–H groups in total. The lowest BCUT2D eigenvalue weighted by Gasteiger charge is -2.30. The molecule has 1 aromatic heterocycles. The number of hydrogen-bond acceptors (Lipinski definition) is 4. The van der Waals surface area contributed by atoms with Crippen LogP contribution in [0.2, 0.25) is 0 Å². The predicted octanol–water partition coefficient (Wildman–Crippen LogP) is 4.49. The van der Waals surface area contributed by atoms with Crippen LogP contribution in [0.25, 0.3) is 0 Å². The van der Waals surface area contributed by atoms with Crippen LogP contribution in [0.3, 0.4) is 0 Å². The minimum Gasteiger partial charge on any atom is -0.467 e. The van der Waals surface area contributed by atoms with Crippen LogP contribution in [0.4, 0.5) is 0 Å². The number of nitrogens with zero attached hydrogens (tertiary/aromatic N) is 2. The first-order valence-electron chi connectivity index (χ1n) is 11.4. The summed E-state index contributed by atoms with van der Waals surface area (Å²) in [6.07, 6.45) is 5.96. The van der Waals surface area contributed by atoms with Gasteiger partial charge in [0.1, 0.15) is 5.76 Å². The zero-order valence-corrected chi connectivity index (χ0v) is 19.5. The van der Waals surface area contributed by atoms with Gasteiger partial charge in [-0.1, -0.05) is 34.6 Å². The highest BCUT2D eigenvalue weighted by Gasteiger charge is 2.27. The number of carbonyl (C=O) groups is 2. The van der Waals surface area contributed by atoms with Gasteiger partial charge >= 0.3 is 0 Å². The van der Waals surface area contributed by atoms with Crippen molar-refractivity contribution in [3.8, 4) is 0 Å². The number of carbonyl (C=O) groups excluding carboxylic acids is 2. The molecule has 1 aliphatic heterocycles. The number of hydrogen-bond donors (Lipinski definition) is 0. The van der Waals surface area contributed by atoms with Gasteiger partial charge in [-0.2, -0.15) is 0 Å². The molecule has 2 atom stereocenters. The molecule has 1 aromatic rings. The van der Waals surface area contributed by atoms with Gasteiger partial charge in [-0.25, -0.2) is 0 Å². The number of furan rings is 1. The standard InChI is InChI=1S/C24H40N2O4/c1-6-11-25(22(27)14-19(2)15-24(3,4)5)18-23(28)26(16-20-9-7-12-29-20)17-21-10-8-13-30-21/h7,9,12,19,21H,6,8,10-11,13-18H2,1-5H3/t19-,21+/m1/s1. The molecular weight excluding hydrogens is 380 g/mol. The van der Waals surface area contributed by atoms with Crippen LogP contribution in [0.5, 0.6) is 0 Å². The first-order chi connectivity index (χ1) is 14.2. The van der Waals surface area contributed by atoms with Crippen LogP contribution >= 0.6 is 0 Å². The van der Waals surface area contributed by atoms with Gasteiger partial charge in [-0.05, 0) is 49.1 Å². The Morgan fingerprint density at radius 3 is 2.57 bits per heavy atom. The van der Waals surface area contributed by atoms with E-state index in [-0.39, 0.29) is 35.8 Å². The molecule has 6 nitrogen and oxygen atoms in total. The zero-order valence-electron chi connectivity index (χ0n) is 19.5. The van der Waals surface area contributed by atoms with Crippen molar-refractivity contribution >= 4 is 11.8 Å². The van der Waals surface area contributed by atoms with Gasteiger partial charge in [0.25, 0.3) is 0 Å². The molecule has 2 rings (SSSR count). The maximum atomic E-state index is 13.2. The molecule has 0 bridgehead atoms. The molecule has 0 aromatic carbocycles. The van der Waals surface area contributed by atoms with Crippen molar-refractivity contribution in [2.24, 2.45) is 11.3 Å². The second kappa shape index (κ2) is 11.5. The smallest absolute Gasteiger partial charge is 0.242 e. The van der Waals surface area contributed by atoms with Gasteiger partial charge in [-0.3, -0.25) is 9.59 Å². The highest BCUT2D eigenvalue weighted by molar-refractivity contribution is 5.85. The van der Waals surface area contributed by atoms with Crippen molar-refractivity contribution in [2.75, 3.05) is 26.2 Å². The minimum atomic E-state index is -0.0489. The molecule has 0 aliphatic carbocycles. The summed E-state index contributed by atoms with van der Waals surface area (Å²) in [5.41, 5.74) is 0.187. The van der Waals surface area contributed by atoms with E-state index in [9.17, 15) is 9.59 Å². The van der Waals surface area contributed by atoms with Crippen molar-refractivity contribution in [2.45, 2.75) is 79.4 Å². The SMILES string of the molecule is CCCN(CC(=O)N(Cc1ccco1)C[C@@H]1CCCO1)C(=O)C[C@@H](C)CC(C)(C)C. The highest BCUT2D eigenvalue weighted by Crippen LogP contribution is 2.26. The van der Waals surface area contributed by atoms with Crippen molar-refractivity contribution in [1.29, 1.82) is 0 Å². The number of ether oxygens (including phenoxy) is 1. The Kier molecular flexibility index (Phi) is 9.40. The van der Waals surface area contributed by atoms with Crippen LogP contribution in [0.1, 0.15) is 72.5 Å². The van der Waals surface area contributed by atoms with E-state index in [1.54, 1.807) is 16.1 Å². The van der Waals surface area contributed by atoms with E-state index in [0.29, 0.717) is 26.1 Å². The normalized spacial score (nSPS) is 17.7. The number of amides is 2. The fraction of sp³-hybridized carbons (Fsp3) is 0.750. The largest absolute Gasteiger partial charge is 0.467 e. The number of rotatable bonds is 11. The Hall–Kier alpha value is -1.82. The Bertz CT molecular complexity index is 645. The molecule has 0 unspecified atom stereocenters. The average molecular weight is 421 g/mol. The average Bonchev–Trinajstić information content (AvgIpc) is 3.33. The lowest BCUT2D eigenvalue weighted by atomic mass is 9.84. The van der Waals surface area contributed by atoms with E-state index in [2.05, 4.69) is 27.7 Å². The first kappa shape index (κ1) is 24.4. The summed E-state index contributed by atoms with van der Waals surface area (Å²) in [5.74, 6) is 1.05.